The van der Waals surface area contributed by atoms with Gasteiger partial charge in [0.25, 0.3) is 0 Å². The number of aliphatic hydroxyl groups excluding tert-OH is 1. The number of H-pyrrole nitrogens is 1. The Morgan fingerprint density at radius 1 is 1.50 bits per heavy atom. The summed E-state index contributed by atoms with van der Waals surface area (Å²) in [5, 5.41) is 9.30. The van der Waals surface area contributed by atoms with Crippen LogP contribution in [-0.4, -0.2) is 21.3 Å². The lowest BCUT2D eigenvalue weighted by atomic mass is 10.3. The Kier molecular flexibility index (Phi) is 2.31. The van der Waals surface area contributed by atoms with Crippen LogP contribution in [0, 0.1) is 0 Å². The summed E-state index contributed by atoms with van der Waals surface area (Å²) in [5.41, 5.74) is 1.09. The minimum atomic E-state index is -0.248. The predicted molar refractivity (Wildman–Crippen MR) is 54.7 cm³/mol. The molecule has 2 rings (SSSR count). The van der Waals surface area contributed by atoms with Gasteiger partial charge in [-0.15, -0.1) is 0 Å². The zero-order valence-electron chi connectivity index (χ0n) is 7.33. The number of rotatable bonds is 2. The second-order valence-electron chi connectivity index (χ2n) is 2.94. The quantitative estimate of drug-likeness (QED) is 0.780. The number of benzene rings is 1. The van der Waals surface area contributed by atoms with E-state index in [4.69, 9.17) is 16.7 Å². The molecule has 0 bridgehead atoms. The van der Waals surface area contributed by atoms with E-state index in [1.807, 2.05) is 0 Å². The number of aromatic amines is 1. The van der Waals surface area contributed by atoms with Crippen LogP contribution in [0.4, 0.5) is 0 Å². The Morgan fingerprint density at radius 2 is 2.29 bits per heavy atom. The first-order valence-corrected chi connectivity index (χ1v) is 4.59. The molecule has 0 unspecified atom stereocenters. The van der Waals surface area contributed by atoms with Crippen molar-refractivity contribution in [2.24, 2.45) is 0 Å². The number of imidazole rings is 1. The molecule has 0 saturated carbocycles. The van der Waals surface area contributed by atoms with E-state index in [0.29, 0.717) is 16.1 Å². The fourth-order valence-electron chi connectivity index (χ4n) is 1.49. The first-order valence-electron chi connectivity index (χ1n) is 4.22. The van der Waals surface area contributed by atoms with E-state index in [1.54, 1.807) is 18.2 Å². The zero-order chi connectivity index (χ0) is 10.1. The van der Waals surface area contributed by atoms with Crippen molar-refractivity contribution in [1.29, 1.82) is 0 Å². The van der Waals surface area contributed by atoms with E-state index in [2.05, 4.69) is 4.98 Å². The number of para-hydroxylation sites is 1. The topological polar surface area (TPSA) is 58.0 Å². The monoisotopic (exact) mass is 212 g/mol. The highest BCUT2D eigenvalue weighted by Gasteiger charge is 2.08. The van der Waals surface area contributed by atoms with Gasteiger partial charge in [0.15, 0.2) is 0 Å². The van der Waals surface area contributed by atoms with Crippen LogP contribution < -0.4 is 5.69 Å². The molecule has 4 nitrogen and oxygen atoms in total. The van der Waals surface area contributed by atoms with Crippen molar-refractivity contribution in [2.75, 3.05) is 6.61 Å². The van der Waals surface area contributed by atoms with Gasteiger partial charge in [-0.25, -0.2) is 4.79 Å². The average molecular weight is 213 g/mol. The molecular formula is C9H9ClN2O2. The molecule has 0 amide bonds. The lowest BCUT2D eigenvalue weighted by molar-refractivity contribution is 0.276. The van der Waals surface area contributed by atoms with Crippen molar-refractivity contribution < 1.29 is 5.11 Å². The molecule has 1 aromatic carbocycles. The third-order valence-corrected chi connectivity index (χ3v) is 2.37. The molecule has 14 heavy (non-hydrogen) atoms. The van der Waals surface area contributed by atoms with E-state index in [1.165, 1.54) is 4.57 Å². The van der Waals surface area contributed by atoms with Gasteiger partial charge in [-0.2, -0.15) is 0 Å². The second-order valence-corrected chi connectivity index (χ2v) is 3.35. The summed E-state index contributed by atoms with van der Waals surface area (Å²) in [5.74, 6) is 0. The fraction of sp³-hybridized carbons (Fsp3) is 0.222. The van der Waals surface area contributed by atoms with Crippen molar-refractivity contribution in [1.82, 2.24) is 9.55 Å². The van der Waals surface area contributed by atoms with Crippen LogP contribution in [-0.2, 0) is 6.54 Å². The average Bonchev–Trinajstić information content (AvgIpc) is 2.45. The van der Waals surface area contributed by atoms with E-state index in [0.717, 1.165) is 0 Å². The molecule has 0 spiro atoms. The molecule has 5 heteroatoms. The molecular weight excluding hydrogens is 204 g/mol. The molecule has 0 aliphatic carbocycles. The van der Waals surface area contributed by atoms with Crippen molar-refractivity contribution in [2.45, 2.75) is 6.54 Å². The molecule has 0 atom stereocenters. The largest absolute Gasteiger partial charge is 0.395 e. The lowest BCUT2D eigenvalue weighted by Crippen LogP contribution is -2.18. The first kappa shape index (κ1) is 9.30. The third-order valence-electron chi connectivity index (χ3n) is 2.07. The first-order chi connectivity index (χ1) is 6.74. The molecule has 1 heterocycles. The smallest absolute Gasteiger partial charge is 0.326 e. The number of aliphatic hydroxyl groups is 1. The lowest BCUT2D eigenvalue weighted by Gasteiger charge is -2.00. The molecule has 0 fully saturated rings. The van der Waals surface area contributed by atoms with Crippen LogP contribution >= 0.6 is 11.6 Å². The predicted octanol–water partition coefficient (Wildman–Crippen LogP) is 0.975. The van der Waals surface area contributed by atoms with Gasteiger partial charge >= 0.3 is 5.69 Å². The SMILES string of the molecule is O=c1[nH]c2cccc(Cl)c2n1CCO. The second kappa shape index (κ2) is 3.48. The maximum absolute atomic E-state index is 11.4. The summed E-state index contributed by atoms with van der Waals surface area (Å²) in [6.45, 7) is 0.167. The summed E-state index contributed by atoms with van der Waals surface area (Å²) < 4.78 is 1.43. The Bertz CT molecular complexity index is 515. The standard InChI is InChI=1S/C9H9ClN2O2/c10-6-2-1-3-7-8(6)12(4-5-13)9(14)11-7/h1-3,13H,4-5H2,(H,11,14). The van der Waals surface area contributed by atoms with Crippen molar-refractivity contribution in [3.63, 3.8) is 0 Å². The van der Waals surface area contributed by atoms with Crippen molar-refractivity contribution >= 4 is 22.6 Å². The number of nitrogens with one attached hydrogen (secondary N) is 1. The van der Waals surface area contributed by atoms with Crippen LogP contribution in [0.3, 0.4) is 0 Å². The Hall–Kier alpha value is -1.26. The van der Waals surface area contributed by atoms with Crippen LogP contribution in [0.1, 0.15) is 0 Å². The molecule has 1 aromatic heterocycles. The fourth-order valence-corrected chi connectivity index (χ4v) is 1.76. The zero-order valence-corrected chi connectivity index (χ0v) is 8.08. The van der Waals surface area contributed by atoms with Crippen molar-refractivity contribution in [3.8, 4) is 0 Å². The number of aromatic nitrogens is 2. The van der Waals surface area contributed by atoms with Gasteiger partial charge in [-0.1, -0.05) is 17.7 Å². The van der Waals surface area contributed by atoms with Gasteiger partial charge in [0.2, 0.25) is 0 Å². The minimum absolute atomic E-state index is 0.0852. The molecule has 2 N–H and O–H groups in total. The van der Waals surface area contributed by atoms with Gasteiger partial charge in [0.1, 0.15) is 0 Å². The summed E-state index contributed by atoms with van der Waals surface area (Å²) in [6.07, 6.45) is 0. The molecule has 74 valence electrons. The van der Waals surface area contributed by atoms with Crippen LogP contribution in [0.15, 0.2) is 23.0 Å². The Labute approximate surface area is 84.7 Å². The number of halogens is 1. The minimum Gasteiger partial charge on any atom is -0.395 e. The number of hydrogen-bond acceptors (Lipinski definition) is 2. The summed E-state index contributed by atoms with van der Waals surface area (Å²) in [4.78, 5) is 14.1. The summed E-state index contributed by atoms with van der Waals surface area (Å²) in [6, 6.07) is 5.26. The van der Waals surface area contributed by atoms with E-state index in [-0.39, 0.29) is 18.8 Å². The summed E-state index contributed by atoms with van der Waals surface area (Å²) >= 11 is 5.95. The molecule has 0 aliphatic heterocycles. The van der Waals surface area contributed by atoms with Gasteiger partial charge in [-0.05, 0) is 12.1 Å². The van der Waals surface area contributed by atoms with E-state index < -0.39 is 0 Å². The van der Waals surface area contributed by atoms with Gasteiger partial charge < -0.3 is 10.1 Å². The molecule has 2 aromatic rings. The highest BCUT2D eigenvalue weighted by Crippen LogP contribution is 2.20. The maximum Gasteiger partial charge on any atom is 0.326 e. The molecule has 0 saturated heterocycles. The van der Waals surface area contributed by atoms with Crippen LogP contribution in [0.5, 0.6) is 0 Å². The maximum atomic E-state index is 11.4. The number of fused-ring (bicyclic) bond motifs is 1. The number of hydrogen-bond donors (Lipinski definition) is 2. The van der Waals surface area contributed by atoms with Crippen molar-refractivity contribution in [3.05, 3.63) is 33.7 Å². The molecule has 0 aliphatic rings. The Morgan fingerprint density at radius 3 is 3.00 bits per heavy atom. The van der Waals surface area contributed by atoms with E-state index in [9.17, 15) is 4.79 Å². The van der Waals surface area contributed by atoms with Gasteiger partial charge in [-0.3, -0.25) is 4.57 Å². The highest BCUT2D eigenvalue weighted by molar-refractivity contribution is 6.34. The van der Waals surface area contributed by atoms with Gasteiger partial charge in [0, 0.05) is 0 Å². The number of nitrogens with zero attached hydrogens (tertiary/aromatic N) is 1. The molecule has 0 radical (unpaired) electrons. The normalized spacial score (nSPS) is 11.0. The Balaban J connectivity index is 2.79. The van der Waals surface area contributed by atoms with Gasteiger partial charge in [0.05, 0.1) is 29.2 Å². The third kappa shape index (κ3) is 1.32. The van der Waals surface area contributed by atoms with Crippen LogP contribution in [0.2, 0.25) is 5.02 Å². The van der Waals surface area contributed by atoms with Crippen LogP contribution in [0.25, 0.3) is 11.0 Å². The summed E-state index contributed by atoms with van der Waals surface area (Å²) in [7, 11) is 0. The van der Waals surface area contributed by atoms with E-state index >= 15 is 0 Å². The highest BCUT2D eigenvalue weighted by atomic mass is 35.5.